The van der Waals surface area contributed by atoms with Gasteiger partial charge >= 0.3 is 0 Å². The number of hydrogen-bond donors (Lipinski definition) is 1. The summed E-state index contributed by atoms with van der Waals surface area (Å²) < 4.78 is 0. The van der Waals surface area contributed by atoms with Crippen molar-refractivity contribution >= 4 is 5.69 Å². The fourth-order valence-electron chi connectivity index (χ4n) is 0.969. The summed E-state index contributed by atoms with van der Waals surface area (Å²) in [4.78, 5) is 10.4. The van der Waals surface area contributed by atoms with Gasteiger partial charge in [-0.05, 0) is 26.0 Å². The van der Waals surface area contributed by atoms with Gasteiger partial charge in [-0.2, -0.15) is 5.17 Å². The van der Waals surface area contributed by atoms with Crippen LogP contribution in [0.1, 0.15) is 13.8 Å². The molecule has 0 aromatic heterocycles. The highest BCUT2D eigenvalue weighted by Crippen LogP contribution is 2.10. The highest BCUT2D eigenvalue weighted by molar-refractivity contribution is 5.41. The number of hydrazine groups is 1. The largest absolute Gasteiger partial charge is 0.280 e. The van der Waals surface area contributed by atoms with Crippen LogP contribution in [0.4, 0.5) is 5.69 Å². The maximum atomic E-state index is 5.33. The van der Waals surface area contributed by atoms with E-state index in [0.29, 0.717) is 13.2 Å². The summed E-state index contributed by atoms with van der Waals surface area (Å²) in [6.45, 7) is 4.98. The quantitative estimate of drug-likeness (QED) is 0.704. The van der Waals surface area contributed by atoms with Gasteiger partial charge in [0.15, 0.2) is 0 Å². The third kappa shape index (κ3) is 3.33. The van der Waals surface area contributed by atoms with E-state index in [1.54, 1.807) is 0 Å². The lowest BCUT2D eigenvalue weighted by atomic mass is 10.3. The van der Waals surface area contributed by atoms with Gasteiger partial charge in [-0.25, -0.2) is 0 Å². The van der Waals surface area contributed by atoms with Gasteiger partial charge in [-0.15, -0.1) is 0 Å². The van der Waals surface area contributed by atoms with Crippen molar-refractivity contribution in [2.75, 3.05) is 18.4 Å². The third-order valence-corrected chi connectivity index (χ3v) is 1.54. The summed E-state index contributed by atoms with van der Waals surface area (Å²) in [7, 11) is 0. The molecule has 0 saturated heterocycles. The number of benzene rings is 1. The predicted molar refractivity (Wildman–Crippen MR) is 55.3 cm³/mol. The van der Waals surface area contributed by atoms with Gasteiger partial charge in [-0.1, -0.05) is 23.8 Å². The second-order valence-corrected chi connectivity index (χ2v) is 2.57. The van der Waals surface area contributed by atoms with E-state index in [2.05, 4.69) is 5.59 Å². The Kier molecular flexibility index (Phi) is 4.99. The fourth-order valence-corrected chi connectivity index (χ4v) is 0.969. The van der Waals surface area contributed by atoms with Crippen LogP contribution in [0, 0.1) is 0 Å². The highest BCUT2D eigenvalue weighted by Gasteiger charge is 2.04. The molecule has 0 aliphatic heterocycles. The van der Waals surface area contributed by atoms with E-state index in [0.717, 1.165) is 5.69 Å². The molecule has 4 heteroatoms. The standard InChI is InChI=1S/C10H16N2O2/c1-3-13-11-12(14-4-2)10-8-6-5-7-9-10/h5-9,11H,3-4H2,1-2H3. The normalized spacial score (nSPS) is 10.1. The molecule has 1 aromatic rings. The zero-order chi connectivity index (χ0) is 10.2. The van der Waals surface area contributed by atoms with Crippen LogP contribution in [0.15, 0.2) is 30.3 Å². The Hall–Kier alpha value is -1.10. The molecule has 78 valence electrons. The van der Waals surface area contributed by atoms with Gasteiger partial charge in [0, 0.05) is 0 Å². The molecule has 0 aliphatic rings. The van der Waals surface area contributed by atoms with E-state index in [1.807, 2.05) is 44.2 Å². The molecule has 0 fully saturated rings. The SMILES string of the molecule is CCONN(OCC)c1ccccc1. The molecule has 0 heterocycles. The van der Waals surface area contributed by atoms with E-state index >= 15 is 0 Å². The molecule has 14 heavy (non-hydrogen) atoms. The summed E-state index contributed by atoms with van der Waals surface area (Å²) in [6.07, 6.45) is 0. The van der Waals surface area contributed by atoms with Crippen LogP contribution < -0.4 is 10.8 Å². The summed E-state index contributed by atoms with van der Waals surface area (Å²) in [6, 6.07) is 9.70. The lowest BCUT2D eigenvalue weighted by molar-refractivity contribution is -0.0478. The first-order valence-electron chi connectivity index (χ1n) is 4.74. The lowest BCUT2D eigenvalue weighted by Crippen LogP contribution is -2.38. The third-order valence-electron chi connectivity index (χ3n) is 1.54. The molecule has 0 saturated carbocycles. The van der Waals surface area contributed by atoms with Gasteiger partial charge < -0.3 is 0 Å². The molecule has 0 amide bonds. The summed E-state index contributed by atoms with van der Waals surface area (Å²) in [5.74, 6) is 0. The van der Waals surface area contributed by atoms with Crippen LogP contribution in [-0.2, 0) is 9.68 Å². The first-order chi connectivity index (χ1) is 6.88. The Bertz CT molecular complexity index is 241. The van der Waals surface area contributed by atoms with Gasteiger partial charge in [0.05, 0.1) is 18.9 Å². The smallest absolute Gasteiger partial charge is 0.0846 e. The molecule has 0 radical (unpaired) electrons. The van der Waals surface area contributed by atoms with E-state index in [-0.39, 0.29) is 0 Å². The Morgan fingerprint density at radius 2 is 1.86 bits per heavy atom. The molecular weight excluding hydrogens is 180 g/mol. The second-order valence-electron chi connectivity index (χ2n) is 2.57. The van der Waals surface area contributed by atoms with E-state index in [1.165, 1.54) is 5.17 Å². The Morgan fingerprint density at radius 1 is 1.14 bits per heavy atom. The Balaban J connectivity index is 2.58. The van der Waals surface area contributed by atoms with Gasteiger partial charge in [-0.3, -0.25) is 9.68 Å². The molecule has 1 rings (SSSR count). The minimum atomic E-state index is 0.578. The van der Waals surface area contributed by atoms with Crippen molar-refractivity contribution in [1.29, 1.82) is 0 Å². The predicted octanol–water partition coefficient (Wildman–Crippen LogP) is 1.90. The van der Waals surface area contributed by atoms with E-state index in [9.17, 15) is 0 Å². The molecule has 0 aliphatic carbocycles. The first-order valence-corrected chi connectivity index (χ1v) is 4.74. The van der Waals surface area contributed by atoms with Crippen LogP contribution in [0.2, 0.25) is 0 Å². The van der Waals surface area contributed by atoms with Crippen molar-refractivity contribution < 1.29 is 9.68 Å². The lowest BCUT2D eigenvalue weighted by Gasteiger charge is -2.22. The van der Waals surface area contributed by atoms with Crippen molar-refractivity contribution in [3.8, 4) is 0 Å². The van der Waals surface area contributed by atoms with E-state index in [4.69, 9.17) is 9.68 Å². The van der Waals surface area contributed by atoms with Crippen molar-refractivity contribution in [2.24, 2.45) is 0 Å². The molecule has 0 bridgehead atoms. The van der Waals surface area contributed by atoms with Crippen molar-refractivity contribution in [1.82, 2.24) is 5.59 Å². The fraction of sp³-hybridized carbons (Fsp3) is 0.400. The number of para-hydroxylation sites is 1. The average Bonchev–Trinajstić information content (AvgIpc) is 2.25. The summed E-state index contributed by atoms with van der Waals surface area (Å²) in [5.41, 5.74) is 3.60. The maximum Gasteiger partial charge on any atom is 0.0846 e. The minimum absolute atomic E-state index is 0.578. The number of rotatable bonds is 6. The summed E-state index contributed by atoms with van der Waals surface area (Å²) in [5, 5.41) is 1.50. The number of nitrogens with zero attached hydrogens (tertiary/aromatic N) is 1. The van der Waals surface area contributed by atoms with Crippen LogP contribution >= 0.6 is 0 Å². The number of hydrogen-bond acceptors (Lipinski definition) is 4. The molecular formula is C10H16N2O2. The van der Waals surface area contributed by atoms with E-state index < -0.39 is 0 Å². The van der Waals surface area contributed by atoms with Crippen LogP contribution in [0.3, 0.4) is 0 Å². The van der Waals surface area contributed by atoms with Gasteiger partial charge in [0.25, 0.3) is 0 Å². The molecule has 1 N–H and O–H groups in total. The molecule has 0 spiro atoms. The van der Waals surface area contributed by atoms with Gasteiger partial charge in [0.1, 0.15) is 0 Å². The van der Waals surface area contributed by atoms with Crippen molar-refractivity contribution in [3.63, 3.8) is 0 Å². The Morgan fingerprint density at radius 3 is 2.43 bits per heavy atom. The molecule has 4 nitrogen and oxygen atoms in total. The highest BCUT2D eigenvalue weighted by atomic mass is 16.8. The van der Waals surface area contributed by atoms with Crippen LogP contribution in [0.5, 0.6) is 0 Å². The number of anilines is 1. The van der Waals surface area contributed by atoms with Crippen LogP contribution in [-0.4, -0.2) is 13.2 Å². The zero-order valence-electron chi connectivity index (χ0n) is 8.56. The van der Waals surface area contributed by atoms with Crippen LogP contribution in [0.25, 0.3) is 0 Å². The maximum absolute atomic E-state index is 5.33. The summed E-state index contributed by atoms with van der Waals surface area (Å²) >= 11 is 0. The monoisotopic (exact) mass is 196 g/mol. The zero-order valence-corrected chi connectivity index (χ0v) is 8.56. The number of nitrogens with one attached hydrogen (secondary N) is 1. The minimum Gasteiger partial charge on any atom is -0.280 e. The molecule has 0 unspecified atom stereocenters. The van der Waals surface area contributed by atoms with Crippen molar-refractivity contribution in [3.05, 3.63) is 30.3 Å². The molecule has 1 aromatic carbocycles. The topological polar surface area (TPSA) is 33.7 Å². The average molecular weight is 196 g/mol. The Labute approximate surface area is 84.3 Å². The first kappa shape index (κ1) is 11.0. The van der Waals surface area contributed by atoms with Gasteiger partial charge in [0.2, 0.25) is 0 Å². The second kappa shape index (κ2) is 6.37. The van der Waals surface area contributed by atoms with Crippen molar-refractivity contribution in [2.45, 2.75) is 13.8 Å². The molecule has 0 atom stereocenters.